The molecule has 6 aromatic rings. The molecule has 0 saturated carbocycles. The zero-order chi connectivity index (χ0) is 30.3. The van der Waals surface area contributed by atoms with E-state index in [2.05, 4.69) is 22.1 Å². The van der Waals surface area contributed by atoms with Crippen LogP contribution in [0.15, 0.2) is 86.2 Å². The molecule has 0 atom stereocenters. The first-order chi connectivity index (χ1) is 21.6. The molecule has 0 bridgehead atoms. The minimum absolute atomic E-state index is 0.207. The van der Waals surface area contributed by atoms with Crippen LogP contribution in [-0.2, 0) is 19.6 Å². The average molecular weight is 594 g/mol. The number of ether oxygens (including phenoxy) is 3. The summed E-state index contributed by atoms with van der Waals surface area (Å²) in [5, 5.41) is 12.9. The average Bonchev–Trinajstić information content (AvgIpc) is 3.87. The van der Waals surface area contributed by atoms with Crippen LogP contribution < -0.4 is 14.2 Å². The fraction of sp³-hybridized carbons (Fsp3) is 0.212. The van der Waals surface area contributed by atoms with Crippen LogP contribution in [0.5, 0.6) is 17.4 Å². The van der Waals surface area contributed by atoms with Crippen molar-refractivity contribution in [2.45, 2.75) is 39.9 Å². The van der Waals surface area contributed by atoms with Crippen LogP contribution in [0.1, 0.15) is 47.8 Å². The Hall–Kier alpha value is -5.58. The number of aromatic nitrogens is 5. The predicted octanol–water partition coefficient (Wildman–Crippen LogP) is 7.10. The first-order valence-corrected chi connectivity index (χ1v) is 14.2. The molecular formula is C33H31N5O6. The van der Waals surface area contributed by atoms with Crippen molar-refractivity contribution in [1.82, 2.24) is 25.0 Å². The number of benzene rings is 2. The van der Waals surface area contributed by atoms with Crippen molar-refractivity contribution in [3.8, 4) is 34.7 Å². The Balaban J connectivity index is 1.14. The number of nitrogens with zero attached hydrogens (tertiary/aromatic N) is 5. The monoisotopic (exact) mass is 593 g/mol. The zero-order valence-electron chi connectivity index (χ0n) is 24.6. The molecule has 0 spiro atoms. The highest BCUT2D eigenvalue weighted by Gasteiger charge is 2.16. The molecule has 0 radical (unpaired) electrons. The van der Waals surface area contributed by atoms with Gasteiger partial charge in [0.2, 0.25) is 17.7 Å². The second-order valence-corrected chi connectivity index (χ2v) is 9.83. The molecule has 0 aliphatic heterocycles. The van der Waals surface area contributed by atoms with Gasteiger partial charge in [-0.1, -0.05) is 31.2 Å². The van der Waals surface area contributed by atoms with Crippen molar-refractivity contribution in [2.75, 3.05) is 7.11 Å². The SMILES string of the molecule is CCCc1nnc(C=Cc2cc(OCc3ccc(OCc4nc(-c5ccco5)oc4C)c(OC)c3)nn2-c2ccccc2)o1. The summed E-state index contributed by atoms with van der Waals surface area (Å²) in [5.41, 5.74) is 3.24. The van der Waals surface area contributed by atoms with Gasteiger partial charge in [-0.2, -0.15) is 0 Å². The van der Waals surface area contributed by atoms with E-state index < -0.39 is 0 Å². The molecule has 0 aliphatic rings. The lowest BCUT2D eigenvalue weighted by Gasteiger charge is -2.12. The van der Waals surface area contributed by atoms with E-state index in [0.717, 1.165) is 29.8 Å². The third-order valence-corrected chi connectivity index (χ3v) is 6.66. The number of methoxy groups -OCH3 is 1. The van der Waals surface area contributed by atoms with Crippen LogP contribution >= 0.6 is 0 Å². The van der Waals surface area contributed by atoms with E-state index in [1.54, 1.807) is 36.3 Å². The van der Waals surface area contributed by atoms with E-state index in [0.29, 0.717) is 52.3 Å². The summed E-state index contributed by atoms with van der Waals surface area (Å²) in [6, 6.07) is 20.9. The fourth-order valence-electron chi connectivity index (χ4n) is 4.44. The number of hydrogen-bond acceptors (Lipinski definition) is 10. The van der Waals surface area contributed by atoms with Gasteiger partial charge < -0.3 is 27.5 Å². The predicted molar refractivity (Wildman–Crippen MR) is 161 cm³/mol. The van der Waals surface area contributed by atoms with Crippen molar-refractivity contribution < 1.29 is 27.5 Å². The molecule has 0 fully saturated rings. The minimum atomic E-state index is 0.207. The smallest absolute Gasteiger partial charge is 0.263 e. The van der Waals surface area contributed by atoms with Gasteiger partial charge in [0.1, 0.15) is 24.7 Å². The summed E-state index contributed by atoms with van der Waals surface area (Å²) in [5.74, 6) is 4.28. The first kappa shape index (κ1) is 28.5. The molecule has 4 aromatic heterocycles. The summed E-state index contributed by atoms with van der Waals surface area (Å²) in [7, 11) is 1.60. The maximum absolute atomic E-state index is 6.10. The van der Waals surface area contributed by atoms with Crippen LogP contribution in [0.4, 0.5) is 0 Å². The standard InChI is InChI=1S/C33H31N5O6/c1-4-9-30-35-36-31(44-30)16-14-25-19-32(37-38(25)24-10-6-5-7-11-24)42-20-23-13-15-27(29(18-23)39-3)41-21-26-22(2)43-33(34-26)28-12-8-17-40-28/h5-8,10-19H,4,9,20-21H2,1-3H3. The number of aryl methyl sites for hydroxylation is 2. The number of furan rings is 1. The van der Waals surface area contributed by atoms with E-state index in [1.165, 1.54) is 0 Å². The lowest BCUT2D eigenvalue weighted by Crippen LogP contribution is -2.02. The largest absolute Gasteiger partial charge is 0.493 e. The Kier molecular flexibility index (Phi) is 8.53. The van der Waals surface area contributed by atoms with E-state index in [9.17, 15) is 0 Å². The third-order valence-electron chi connectivity index (χ3n) is 6.66. The second-order valence-electron chi connectivity index (χ2n) is 9.83. The molecule has 11 heteroatoms. The summed E-state index contributed by atoms with van der Waals surface area (Å²) in [4.78, 5) is 4.50. The minimum Gasteiger partial charge on any atom is -0.493 e. The van der Waals surface area contributed by atoms with Crippen LogP contribution in [-0.4, -0.2) is 32.1 Å². The van der Waals surface area contributed by atoms with E-state index in [4.69, 9.17) is 32.6 Å². The van der Waals surface area contributed by atoms with Crippen molar-refractivity contribution in [3.05, 3.63) is 107 Å². The molecule has 44 heavy (non-hydrogen) atoms. The van der Waals surface area contributed by atoms with Crippen molar-refractivity contribution in [1.29, 1.82) is 0 Å². The van der Waals surface area contributed by atoms with Crippen LogP contribution in [0.3, 0.4) is 0 Å². The molecule has 6 rings (SSSR count). The van der Waals surface area contributed by atoms with Crippen molar-refractivity contribution in [2.24, 2.45) is 0 Å². The molecule has 0 amide bonds. The molecule has 0 unspecified atom stereocenters. The van der Waals surface area contributed by atoms with Gasteiger partial charge >= 0.3 is 0 Å². The Bertz CT molecular complexity index is 1840. The lowest BCUT2D eigenvalue weighted by molar-refractivity contribution is 0.275. The molecule has 0 saturated heterocycles. The van der Waals surface area contributed by atoms with Crippen LogP contribution in [0.2, 0.25) is 0 Å². The van der Waals surface area contributed by atoms with E-state index in [-0.39, 0.29) is 13.2 Å². The summed E-state index contributed by atoms with van der Waals surface area (Å²) < 4.78 is 36.3. The van der Waals surface area contributed by atoms with Gasteiger partial charge in [0.05, 0.1) is 24.8 Å². The Morgan fingerprint density at radius 1 is 0.886 bits per heavy atom. The Morgan fingerprint density at radius 2 is 1.77 bits per heavy atom. The van der Waals surface area contributed by atoms with Gasteiger partial charge in [-0.25, -0.2) is 9.67 Å². The van der Waals surface area contributed by atoms with Crippen molar-refractivity contribution in [3.63, 3.8) is 0 Å². The number of hydrogen-bond donors (Lipinski definition) is 0. The Labute approximate surface area is 253 Å². The quantitative estimate of drug-likeness (QED) is 0.137. The van der Waals surface area contributed by atoms with Gasteiger partial charge in [-0.05, 0) is 61.4 Å². The van der Waals surface area contributed by atoms with Gasteiger partial charge in [-0.3, -0.25) is 0 Å². The molecule has 11 nitrogen and oxygen atoms in total. The highest BCUT2D eigenvalue weighted by atomic mass is 16.5. The molecular weight excluding hydrogens is 562 g/mol. The van der Waals surface area contributed by atoms with E-state index in [1.807, 2.05) is 67.6 Å². The highest BCUT2D eigenvalue weighted by Crippen LogP contribution is 2.31. The zero-order valence-corrected chi connectivity index (χ0v) is 24.6. The highest BCUT2D eigenvalue weighted by molar-refractivity contribution is 5.65. The summed E-state index contributed by atoms with van der Waals surface area (Å²) in [6.45, 7) is 4.38. The molecule has 224 valence electrons. The maximum Gasteiger partial charge on any atom is 0.263 e. The maximum atomic E-state index is 6.10. The Morgan fingerprint density at radius 3 is 2.57 bits per heavy atom. The number of oxazole rings is 1. The second kappa shape index (κ2) is 13.2. The molecule has 4 heterocycles. The van der Waals surface area contributed by atoms with Gasteiger partial charge in [0.15, 0.2) is 17.3 Å². The molecule has 0 aliphatic carbocycles. The van der Waals surface area contributed by atoms with Crippen LogP contribution in [0.25, 0.3) is 29.5 Å². The summed E-state index contributed by atoms with van der Waals surface area (Å²) in [6.07, 6.45) is 6.90. The van der Waals surface area contributed by atoms with Gasteiger partial charge in [-0.15, -0.1) is 15.3 Å². The van der Waals surface area contributed by atoms with Crippen molar-refractivity contribution >= 4 is 12.2 Å². The topological polar surface area (TPSA) is 124 Å². The number of rotatable bonds is 13. The molecule has 2 aromatic carbocycles. The van der Waals surface area contributed by atoms with Gasteiger partial charge in [0, 0.05) is 18.6 Å². The fourth-order valence-corrected chi connectivity index (χ4v) is 4.44. The van der Waals surface area contributed by atoms with Gasteiger partial charge in [0.25, 0.3) is 5.89 Å². The van der Waals surface area contributed by atoms with Crippen LogP contribution in [0, 0.1) is 6.92 Å². The normalized spacial score (nSPS) is 11.3. The van der Waals surface area contributed by atoms with E-state index >= 15 is 0 Å². The molecule has 0 N–H and O–H groups in total. The first-order valence-electron chi connectivity index (χ1n) is 14.2. The lowest BCUT2D eigenvalue weighted by atomic mass is 10.2. The summed E-state index contributed by atoms with van der Waals surface area (Å²) >= 11 is 0. The number of para-hydroxylation sites is 1. The third kappa shape index (κ3) is 6.57.